The van der Waals surface area contributed by atoms with Crippen molar-refractivity contribution >= 4 is 17.5 Å². The highest BCUT2D eigenvalue weighted by Gasteiger charge is 2.14. The summed E-state index contributed by atoms with van der Waals surface area (Å²) in [5.41, 5.74) is 7.14. The van der Waals surface area contributed by atoms with Gasteiger partial charge in [-0.15, -0.1) is 10.2 Å². The molecule has 3 rings (SSSR count). The highest BCUT2D eigenvalue weighted by molar-refractivity contribution is 5.95. The number of aromatic nitrogens is 4. The second kappa shape index (κ2) is 8.09. The topological polar surface area (TPSA) is 125 Å². The molecule has 3 N–H and O–H groups in total. The zero-order valence-corrected chi connectivity index (χ0v) is 14.6. The largest absolute Gasteiger partial charge is 0.483 e. The van der Waals surface area contributed by atoms with Crippen LogP contribution in [0.5, 0.6) is 5.75 Å². The van der Waals surface area contributed by atoms with Gasteiger partial charge >= 0.3 is 0 Å². The van der Waals surface area contributed by atoms with Crippen LogP contribution in [0.2, 0.25) is 0 Å². The predicted octanol–water partition coefficient (Wildman–Crippen LogP) is 1.15. The third-order valence-electron chi connectivity index (χ3n) is 3.64. The van der Waals surface area contributed by atoms with Crippen molar-refractivity contribution in [1.82, 2.24) is 20.2 Å². The lowest BCUT2D eigenvalue weighted by Crippen LogP contribution is -2.21. The zero-order valence-electron chi connectivity index (χ0n) is 14.6. The predicted molar refractivity (Wildman–Crippen MR) is 97.8 cm³/mol. The van der Waals surface area contributed by atoms with Crippen LogP contribution in [0.4, 0.5) is 5.69 Å². The Kier molecular flexibility index (Phi) is 5.41. The number of carbonyl (C=O) groups excluding carboxylic acids is 2. The number of carbonyl (C=O) groups is 2. The summed E-state index contributed by atoms with van der Waals surface area (Å²) in [7, 11) is 0. The minimum absolute atomic E-state index is 0.138. The van der Waals surface area contributed by atoms with E-state index in [0.717, 1.165) is 10.4 Å². The third kappa shape index (κ3) is 4.66. The molecule has 0 spiro atoms. The average Bonchev–Trinajstić information content (AvgIpc) is 3.09. The Morgan fingerprint density at radius 1 is 1.15 bits per heavy atom. The number of nitrogens with two attached hydrogens (primary N) is 1. The standard InChI is InChI=1S/C18H18N6O3/c1-12-6-2-5-9-15(12)27-11-17(26)20-14-8-4-3-7-13(14)18-21-23-24(22-18)10-16(19)25/h2-9H,10-11H2,1H3,(H2,19,25)(H,20,26). The number of nitrogens with zero attached hydrogens (tertiary/aromatic N) is 4. The van der Waals surface area contributed by atoms with Crippen LogP contribution in [0.3, 0.4) is 0 Å². The molecule has 0 fully saturated rings. The third-order valence-corrected chi connectivity index (χ3v) is 3.64. The fraction of sp³-hybridized carbons (Fsp3) is 0.167. The Bertz CT molecular complexity index is 969. The summed E-state index contributed by atoms with van der Waals surface area (Å²) in [6.07, 6.45) is 0. The second-order valence-corrected chi connectivity index (χ2v) is 5.76. The van der Waals surface area contributed by atoms with Crippen molar-refractivity contribution in [3.05, 3.63) is 54.1 Å². The highest BCUT2D eigenvalue weighted by atomic mass is 16.5. The molecule has 0 aliphatic carbocycles. The number of primary amides is 1. The molecule has 9 heteroatoms. The van der Waals surface area contributed by atoms with Crippen LogP contribution in [0, 0.1) is 6.92 Å². The summed E-state index contributed by atoms with van der Waals surface area (Å²) in [6, 6.07) is 14.5. The van der Waals surface area contributed by atoms with E-state index < -0.39 is 5.91 Å². The van der Waals surface area contributed by atoms with Gasteiger partial charge in [0.15, 0.2) is 6.61 Å². The minimum Gasteiger partial charge on any atom is -0.483 e. The number of amides is 2. The lowest BCUT2D eigenvalue weighted by Gasteiger charge is -2.11. The first kappa shape index (κ1) is 18.1. The van der Waals surface area contributed by atoms with Crippen molar-refractivity contribution in [2.75, 3.05) is 11.9 Å². The maximum Gasteiger partial charge on any atom is 0.262 e. The molecular weight excluding hydrogens is 348 g/mol. The van der Waals surface area contributed by atoms with E-state index in [2.05, 4.69) is 20.7 Å². The van der Waals surface area contributed by atoms with Gasteiger partial charge in [0.25, 0.3) is 5.91 Å². The molecule has 0 saturated carbocycles. The molecule has 9 nitrogen and oxygen atoms in total. The Hall–Kier alpha value is -3.75. The molecule has 0 atom stereocenters. The van der Waals surface area contributed by atoms with Gasteiger partial charge in [0.05, 0.1) is 5.69 Å². The SMILES string of the molecule is Cc1ccccc1OCC(=O)Nc1ccccc1-c1nnn(CC(N)=O)n1. The van der Waals surface area contributed by atoms with Crippen LogP contribution in [0.1, 0.15) is 5.56 Å². The second-order valence-electron chi connectivity index (χ2n) is 5.76. The van der Waals surface area contributed by atoms with Crippen LogP contribution in [-0.4, -0.2) is 38.6 Å². The average molecular weight is 366 g/mol. The van der Waals surface area contributed by atoms with E-state index >= 15 is 0 Å². The van der Waals surface area contributed by atoms with Crippen molar-refractivity contribution in [3.63, 3.8) is 0 Å². The summed E-state index contributed by atoms with van der Waals surface area (Å²) < 4.78 is 5.55. The van der Waals surface area contributed by atoms with Crippen molar-refractivity contribution in [2.45, 2.75) is 13.5 Å². The van der Waals surface area contributed by atoms with Crippen LogP contribution in [0.25, 0.3) is 11.4 Å². The monoisotopic (exact) mass is 366 g/mol. The molecule has 1 aromatic heterocycles. The molecule has 0 aliphatic rings. The van der Waals surface area contributed by atoms with E-state index in [1.54, 1.807) is 30.3 Å². The van der Waals surface area contributed by atoms with Gasteiger partial charge in [-0.25, -0.2) is 0 Å². The van der Waals surface area contributed by atoms with Crippen molar-refractivity contribution in [2.24, 2.45) is 5.73 Å². The summed E-state index contributed by atoms with van der Waals surface area (Å²) in [5.74, 6) is 0.0214. The Morgan fingerprint density at radius 3 is 2.67 bits per heavy atom. The van der Waals surface area contributed by atoms with E-state index in [-0.39, 0.29) is 24.9 Å². The number of anilines is 1. The molecule has 0 bridgehead atoms. The number of hydrogen-bond donors (Lipinski definition) is 2. The lowest BCUT2D eigenvalue weighted by atomic mass is 10.1. The first-order valence-electron chi connectivity index (χ1n) is 8.16. The number of benzene rings is 2. The van der Waals surface area contributed by atoms with Gasteiger partial charge in [0, 0.05) is 5.56 Å². The maximum atomic E-state index is 12.3. The number of aryl methyl sites for hydroxylation is 1. The molecule has 0 saturated heterocycles. The fourth-order valence-electron chi connectivity index (χ4n) is 2.39. The van der Waals surface area contributed by atoms with E-state index in [4.69, 9.17) is 10.5 Å². The maximum absolute atomic E-state index is 12.3. The fourth-order valence-corrected chi connectivity index (χ4v) is 2.39. The van der Waals surface area contributed by atoms with Crippen LogP contribution < -0.4 is 15.8 Å². The number of ether oxygens (including phenoxy) is 1. The van der Waals surface area contributed by atoms with E-state index in [1.807, 2.05) is 25.1 Å². The van der Waals surface area contributed by atoms with Crippen molar-refractivity contribution in [3.8, 4) is 17.1 Å². The van der Waals surface area contributed by atoms with E-state index in [1.165, 1.54) is 0 Å². The van der Waals surface area contributed by atoms with E-state index in [0.29, 0.717) is 17.0 Å². The number of tetrazole rings is 1. The van der Waals surface area contributed by atoms with Crippen molar-refractivity contribution < 1.29 is 14.3 Å². The highest BCUT2D eigenvalue weighted by Crippen LogP contribution is 2.24. The molecule has 2 aromatic carbocycles. The molecule has 2 amide bonds. The summed E-state index contributed by atoms with van der Waals surface area (Å²) >= 11 is 0. The van der Waals surface area contributed by atoms with Gasteiger partial charge in [0.1, 0.15) is 12.3 Å². The van der Waals surface area contributed by atoms with Crippen molar-refractivity contribution in [1.29, 1.82) is 0 Å². The quantitative estimate of drug-likeness (QED) is 0.646. The molecule has 3 aromatic rings. The summed E-state index contributed by atoms with van der Waals surface area (Å²) in [6.45, 7) is 1.59. The first-order chi connectivity index (χ1) is 13.0. The Balaban J connectivity index is 1.70. The van der Waals surface area contributed by atoms with Gasteiger partial charge in [-0.1, -0.05) is 30.3 Å². The number of nitrogens with one attached hydrogen (secondary N) is 1. The van der Waals surface area contributed by atoms with Crippen LogP contribution in [-0.2, 0) is 16.1 Å². The van der Waals surface area contributed by atoms with Crippen LogP contribution >= 0.6 is 0 Å². The summed E-state index contributed by atoms with van der Waals surface area (Å²) in [4.78, 5) is 24.3. The number of para-hydroxylation sites is 2. The Morgan fingerprint density at radius 2 is 1.89 bits per heavy atom. The number of hydrogen-bond acceptors (Lipinski definition) is 6. The minimum atomic E-state index is -0.575. The van der Waals surface area contributed by atoms with Gasteiger partial charge in [0.2, 0.25) is 11.7 Å². The lowest BCUT2D eigenvalue weighted by molar-refractivity contribution is -0.119. The Labute approximate surface area is 155 Å². The smallest absolute Gasteiger partial charge is 0.262 e. The van der Waals surface area contributed by atoms with Crippen LogP contribution in [0.15, 0.2) is 48.5 Å². The molecular formula is C18H18N6O3. The molecule has 138 valence electrons. The number of rotatable bonds is 7. The normalized spacial score (nSPS) is 10.4. The van der Waals surface area contributed by atoms with Gasteiger partial charge in [-0.2, -0.15) is 4.80 Å². The van der Waals surface area contributed by atoms with Gasteiger partial charge in [-0.3, -0.25) is 9.59 Å². The molecule has 0 radical (unpaired) electrons. The molecule has 0 aliphatic heterocycles. The van der Waals surface area contributed by atoms with E-state index in [9.17, 15) is 9.59 Å². The molecule has 1 heterocycles. The molecule has 0 unspecified atom stereocenters. The van der Waals surface area contributed by atoms with Gasteiger partial charge in [-0.05, 0) is 35.9 Å². The first-order valence-corrected chi connectivity index (χ1v) is 8.16. The van der Waals surface area contributed by atoms with Gasteiger partial charge < -0.3 is 15.8 Å². The molecule has 27 heavy (non-hydrogen) atoms. The zero-order chi connectivity index (χ0) is 19.2. The summed E-state index contributed by atoms with van der Waals surface area (Å²) in [5, 5.41) is 14.6.